The molecule has 2 fully saturated rings. The van der Waals surface area contributed by atoms with Crippen molar-refractivity contribution in [2.75, 3.05) is 33.2 Å². The molecular weight excluding hydrogens is 418 g/mol. The second-order valence-electron chi connectivity index (χ2n) is 9.23. The summed E-state index contributed by atoms with van der Waals surface area (Å²) in [6.45, 7) is 12.3. The third-order valence-electron chi connectivity index (χ3n) is 6.81. The molecule has 0 N–H and O–H groups in total. The first-order valence-electron chi connectivity index (χ1n) is 12.2. The number of amidine groups is 2. The van der Waals surface area contributed by atoms with Crippen LogP contribution in [0.3, 0.4) is 0 Å². The van der Waals surface area contributed by atoms with Crippen LogP contribution in [0.4, 0.5) is 0 Å². The van der Waals surface area contributed by atoms with E-state index in [9.17, 15) is 0 Å². The normalized spacial score (nSPS) is 18.9. The molecule has 0 unspecified atom stereocenters. The summed E-state index contributed by atoms with van der Waals surface area (Å²) in [4.78, 5) is 9.27. The molecule has 2 aromatic carbocycles. The van der Waals surface area contributed by atoms with Gasteiger partial charge in [0, 0.05) is 51.3 Å². The molecule has 2 aliphatic heterocycles. The average Bonchev–Trinajstić information content (AvgIpc) is 3.72. The molecule has 174 valence electrons. The number of hydrazone groups is 1. The van der Waals surface area contributed by atoms with Crippen molar-refractivity contribution in [1.82, 2.24) is 14.8 Å². The summed E-state index contributed by atoms with van der Waals surface area (Å²) >= 11 is 0. The molecular formula is C29H33N5. The number of rotatable bonds is 5. The van der Waals surface area contributed by atoms with E-state index in [4.69, 9.17) is 5.10 Å². The van der Waals surface area contributed by atoms with Crippen molar-refractivity contribution in [2.24, 2.45) is 16.0 Å². The Labute approximate surface area is 203 Å². The second kappa shape index (κ2) is 9.72. The lowest BCUT2D eigenvalue weighted by molar-refractivity contribution is 0.218. The van der Waals surface area contributed by atoms with E-state index in [1.54, 1.807) is 0 Å². The van der Waals surface area contributed by atoms with Crippen molar-refractivity contribution in [2.45, 2.75) is 19.3 Å². The van der Waals surface area contributed by atoms with Gasteiger partial charge in [-0.2, -0.15) is 0 Å². The number of benzene rings is 2. The standard InChI is InChI=1S/C29H33N5/c1-22-9-16-28(31-34(22)29(30-3)27-14-15-27)33-19-17-32(18-20-33)23(2)21-24-10-12-26(13-11-24)25-7-5-4-6-8-25/h4-13,16,27H,1-2,14-15,17-21H2,3H3/b30-29-. The van der Waals surface area contributed by atoms with Gasteiger partial charge >= 0.3 is 0 Å². The van der Waals surface area contributed by atoms with Gasteiger partial charge in [0.25, 0.3) is 0 Å². The zero-order chi connectivity index (χ0) is 23.5. The maximum Gasteiger partial charge on any atom is 0.149 e. The van der Waals surface area contributed by atoms with Crippen molar-refractivity contribution in [1.29, 1.82) is 0 Å². The van der Waals surface area contributed by atoms with Gasteiger partial charge in [0.2, 0.25) is 0 Å². The van der Waals surface area contributed by atoms with Crippen LogP contribution in [-0.4, -0.2) is 59.7 Å². The maximum absolute atomic E-state index is 4.91. The number of allylic oxidation sites excluding steroid dienone is 2. The lowest BCUT2D eigenvalue weighted by atomic mass is 10.0. The highest BCUT2D eigenvalue weighted by Gasteiger charge is 2.33. The Morgan fingerprint density at radius 3 is 2.26 bits per heavy atom. The molecule has 1 aliphatic carbocycles. The molecule has 0 spiro atoms. The average molecular weight is 452 g/mol. The molecule has 2 aromatic rings. The van der Waals surface area contributed by atoms with E-state index < -0.39 is 0 Å². The molecule has 5 nitrogen and oxygen atoms in total. The first kappa shape index (κ1) is 22.2. The van der Waals surface area contributed by atoms with Crippen LogP contribution in [-0.2, 0) is 6.42 Å². The molecule has 0 bridgehead atoms. The number of piperazine rings is 1. The van der Waals surface area contributed by atoms with E-state index in [1.165, 1.54) is 35.2 Å². The number of hydrogen-bond acceptors (Lipinski definition) is 4. The third-order valence-corrected chi connectivity index (χ3v) is 6.81. The number of hydrogen-bond donors (Lipinski definition) is 0. The van der Waals surface area contributed by atoms with Gasteiger partial charge in [0.1, 0.15) is 11.7 Å². The molecule has 0 amide bonds. The summed E-state index contributed by atoms with van der Waals surface area (Å²) < 4.78 is 0. The van der Waals surface area contributed by atoms with Crippen LogP contribution in [0.1, 0.15) is 18.4 Å². The SMILES string of the molecule is C=C(Cc1ccc(-c2ccccc2)cc1)N1CCN(C2=NN(/C(=N\C)C3CC3)C(=C)C=C2)CC1. The van der Waals surface area contributed by atoms with Crippen LogP contribution in [0.2, 0.25) is 0 Å². The Bertz CT molecular complexity index is 1130. The van der Waals surface area contributed by atoms with E-state index in [1.807, 2.05) is 12.1 Å². The van der Waals surface area contributed by atoms with Gasteiger partial charge in [-0.25, -0.2) is 5.01 Å². The molecule has 1 saturated heterocycles. The summed E-state index contributed by atoms with van der Waals surface area (Å²) in [6.07, 6.45) is 7.40. The predicted molar refractivity (Wildman–Crippen MR) is 142 cm³/mol. The minimum absolute atomic E-state index is 0.528. The molecule has 3 aliphatic rings. The fourth-order valence-corrected chi connectivity index (χ4v) is 4.64. The Morgan fingerprint density at radius 1 is 0.941 bits per heavy atom. The Morgan fingerprint density at radius 2 is 1.62 bits per heavy atom. The third kappa shape index (κ3) is 4.84. The van der Waals surface area contributed by atoms with Crippen LogP contribution in [0.15, 0.2) is 101 Å². The second-order valence-corrected chi connectivity index (χ2v) is 9.23. The van der Waals surface area contributed by atoms with Crippen LogP contribution >= 0.6 is 0 Å². The molecule has 34 heavy (non-hydrogen) atoms. The number of aliphatic imine (C=N–C) groups is 1. The molecule has 0 radical (unpaired) electrons. The van der Waals surface area contributed by atoms with Gasteiger partial charge < -0.3 is 9.80 Å². The lowest BCUT2D eigenvalue weighted by Crippen LogP contribution is -2.49. The first-order chi connectivity index (χ1) is 16.6. The zero-order valence-electron chi connectivity index (χ0n) is 20.0. The molecule has 0 aromatic heterocycles. The zero-order valence-corrected chi connectivity index (χ0v) is 20.0. The van der Waals surface area contributed by atoms with Crippen molar-refractivity contribution in [3.8, 4) is 11.1 Å². The molecule has 0 atom stereocenters. The molecule has 5 heteroatoms. The lowest BCUT2D eigenvalue weighted by Gasteiger charge is -2.39. The summed E-state index contributed by atoms with van der Waals surface area (Å²) in [5.41, 5.74) is 5.87. The molecule has 5 rings (SSSR count). The van der Waals surface area contributed by atoms with E-state index in [0.29, 0.717) is 5.92 Å². The highest BCUT2D eigenvalue weighted by molar-refractivity contribution is 5.97. The largest absolute Gasteiger partial charge is 0.371 e. The molecule has 2 heterocycles. The van der Waals surface area contributed by atoms with E-state index in [2.05, 4.69) is 94.7 Å². The summed E-state index contributed by atoms with van der Waals surface area (Å²) in [6, 6.07) is 19.4. The van der Waals surface area contributed by atoms with E-state index in [0.717, 1.165) is 50.0 Å². The number of nitrogens with zero attached hydrogens (tertiary/aromatic N) is 5. The highest BCUT2D eigenvalue weighted by Crippen LogP contribution is 2.34. The first-order valence-corrected chi connectivity index (χ1v) is 12.2. The smallest absolute Gasteiger partial charge is 0.149 e. The fraction of sp³-hybridized carbons (Fsp3) is 0.310. The van der Waals surface area contributed by atoms with Crippen LogP contribution < -0.4 is 0 Å². The van der Waals surface area contributed by atoms with Gasteiger partial charge in [-0.3, -0.25) is 4.99 Å². The van der Waals surface area contributed by atoms with Gasteiger partial charge in [0.05, 0.1) is 5.70 Å². The summed E-state index contributed by atoms with van der Waals surface area (Å²) in [5.74, 6) is 2.56. The van der Waals surface area contributed by atoms with E-state index >= 15 is 0 Å². The Hall–Kier alpha value is -3.60. The predicted octanol–water partition coefficient (Wildman–Crippen LogP) is 5.16. The minimum Gasteiger partial charge on any atom is -0.371 e. The monoisotopic (exact) mass is 451 g/mol. The van der Waals surface area contributed by atoms with Crippen LogP contribution in [0, 0.1) is 5.92 Å². The van der Waals surface area contributed by atoms with Crippen molar-refractivity contribution in [3.05, 3.63) is 96.9 Å². The topological polar surface area (TPSA) is 34.4 Å². The van der Waals surface area contributed by atoms with Gasteiger partial charge in [-0.1, -0.05) is 67.8 Å². The Balaban J connectivity index is 1.17. The van der Waals surface area contributed by atoms with Crippen LogP contribution in [0.5, 0.6) is 0 Å². The van der Waals surface area contributed by atoms with Crippen molar-refractivity contribution < 1.29 is 0 Å². The Kier molecular flexibility index (Phi) is 6.35. The maximum atomic E-state index is 4.91. The minimum atomic E-state index is 0.528. The van der Waals surface area contributed by atoms with Crippen LogP contribution in [0.25, 0.3) is 11.1 Å². The van der Waals surface area contributed by atoms with E-state index in [-0.39, 0.29) is 0 Å². The van der Waals surface area contributed by atoms with Gasteiger partial charge in [-0.15, -0.1) is 5.10 Å². The highest BCUT2D eigenvalue weighted by atomic mass is 15.5. The quantitative estimate of drug-likeness (QED) is 0.465. The van der Waals surface area contributed by atoms with Gasteiger partial charge in [0.15, 0.2) is 0 Å². The summed E-state index contributed by atoms with van der Waals surface area (Å²) in [7, 11) is 1.86. The van der Waals surface area contributed by atoms with Gasteiger partial charge in [-0.05, 0) is 41.7 Å². The van der Waals surface area contributed by atoms with Crippen molar-refractivity contribution >= 4 is 11.7 Å². The summed E-state index contributed by atoms with van der Waals surface area (Å²) in [5, 5.41) is 6.85. The fourth-order valence-electron chi connectivity index (χ4n) is 4.64. The molecule has 1 saturated carbocycles. The van der Waals surface area contributed by atoms with Crippen molar-refractivity contribution in [3.63, 3.8) is 0 Å².